The van der Waals surface area contributed by atoms with E-state index in [1.165, 1.54) is 37.1 Å². The fraction of sp³-hybridized carbons (Fsp3) is 0.176. The number of rotatable bonds is 5. The van der Waals surface area contributed by atoms with Crippen molar-refractivity contribution in [3.8, 4) is 0 Å². The Hall–Kier alpha value is -2.93. The minimum atomic E-state index is -0.542. The van der Waals surface area contributed by atoms with Crippen LogP contribution < -0.4 is 5.32 Å². The van der Waals surface area contributed by atoms with Gasteiger partial charge in [0.1, 0.15) is 0 Å². The molecule has 7 nitrogen and oxygen atoms in total. The summed E-state index contributed by atoms with van der Waals surface area (Å²) in [5.74, 6) is -0.853. The highest BCUT2D eigenvalue weighted by Crippen LogP contribution is 2.22. The number of carbonyl (C=O) groups is 2. The van der Waals surface area contributed by atoms with Crippen LogP contribution in [-0.4, -0.2) is 35.2 Å². The predicted octanol–water partition coefficient (Wildman–Crippen LogP) is 3.27. The van der Waals surface area contributed by atoms with Crippen LogP contribution in [0.2, 0.25) is 5.02 Å². The molecule has 8 heteroatoms. The maximum atomic E-state index is 12.5. The molecule has 0 aliphatic rings. The van der Waals surface area contributed by atoms with Gasteiger partial charge in [-0.2, -0.15) is 0 Å². The standard InChI is InChI=1S/C17H16ClN3O4/c1-11-14(4-3-5-15(11)21(24)25)17(23)20(2)10-16(22)19-13-8-6-12(18)7-9-13/h3-9H,10H2,1-2H3,(H,19,22). The van der Waals surface area contributed by atoms with E-state index >= 15 is 0 Å². The Kier molecular flexibility index (Phi) is 5.71. The Morgan fingerprint density at radius 2 is 1.84 bits per heavy atom. The highest BCUT2D eigenvalue weighted by molar-refractivity contribution is 6.30. The molecule has 0 heterocycles. The van der Waals surface area contributed by atoms with Crippen LogP contribution in [0.3, 0.4) is 0 Å². The average Bonchev–Trinajstić information content (AvgIpc) is 2.56. The molecule has 0 saturated carbocycles. The molecule has 0 aliphatic heterocycles. The largest absolute Gasteiger partial charge is 0.332 e. The van der Waals surface area contributed by atoms with Gasteiger partial charge in [0.05, 0.1) is 11.5 Å². The number of nitrogens with one attached hydrogen (secondary N) is 1. The van der Waals surface area contributed by atoms with Crippen LogP contribution in [0.15, 0.2) is 42.5 Å². The lowest BCUT2D eigenvalue weighted by Crippen LogP contribution is -2.35. The van der Waals surface area contributed by atoms with E-state index in [0.29, 0.717) is 10.7 Å². The van der Waals surface area contributed by atoms with Gasteiger partial charge < -0.3 is 10.2 Å². The van der Waals surface area contributed by atoms with Gasteiger partial charge in [0.15, 0.2) is 0 Å². The summed E-state index contributed by atoms with van der Waals surface area (Å²) >= 11 is 5.78. The molecule has 2 rings (SSSR count). The molecule has 0 bridgehead atoms. The summed E-state index contributed by atoms with van der Waals surface area (Å²) in [5, 5.41) is 14.2. The molecule has 1 N–H and O–H groups in total. The van der Waals surface area contributed by atoms with E-state index in [0.717, 1.165) is 0 Å². The lowest BCUT2D eigenvalue weighted by molar-refractivity contribution is -0.385. The van der Waals surface area contributed by atoms with Crippen molar-refractivity contribution >= 4 is 34.8 Å². The van der Waals surface area contributed by atoms with Gasteiger partial charge in [-0.25, -0.2) is 0 Å². The quantitative estimate of drug-likeness (QED) is 0.653. The molecule has 0 aromatic heterocycles. The molecule has 2 aromatic rings. The van der Waals surface area contributed by atoms with Gasteiger partial charge in [0.25, 0.3) is 11.6 Å². The number of hydrogen-bond donors (Lipinski definition) is 1. The van der Waals surface area contributed by atoms with Gasteiger partial charge >= 0.3 is 0 Å². The second kappa shape index (κ2) is 7.76. The number of nitro groups is 1. The summed E-state index contributed by atoms with van der Waals surface area (Å²) in [4.78, 5) is 36.2. The smallest absolute Gasteiger partial charge is 0.273 e. The molecule has 0 saturated heterocycles. The molecular weight excluding hydrogens is 346 g/mol. The number of halogens is 1. The SMILES string of the molecule is Cc1c(C(=O)N(C)CC(=O)Nc2ccc(Cl)cc2)cccc1[N+](=O)[O-]. The number of anilines is 1. The van der Waals surface area contributed by atoms with Crippen LogP contribution in [0.25, 0.3) is 0 Å². The van der Waals surface area contributed by atoms with E-state index in [1.807, 2.05) is 0 Å². The first-order chi connectivity index (χ1) is 11.8. The van der Waals surface area contributed by atoms with Crippen LogP contribution in [0.1, 0.15) is 15.9 Å². The number of carbonyl (C=O) groups excluding carboxylic acids is 2. The Balaban J connectivity index is 2.07. The topological polar surface area (TPSA) is 92.6 Å². The van der Waals surface area contributed by atoms with E-state index in [1.54, 1.807) is 24.3 Å². The first-order valence-electron chi connectivity index (χ1n) is 7.34. The zero-order chi connectivity index (χ0) is 18.6. The van der Waals surface area contributed by atoms with E-state index in [4.69, 9.17) is 11.6 Å². The number of nitro benzene ring substituents is 1. The molecule has 0 spiro atoms. The zero-order valence-corrected chi connectivity index (χ0v) is 14.4. The Morgan fingerprint density at radius 1 is 1.20 bits per heavy atom. The predicted molar refractivity (Wildman–Crippen MR) is 94.9 cm³/mol. The molecule has 0 atom stereocenters. The highest BCUT2D eigenvalue weighted by atomic mass is 35.5. The van der Waals surface area contributed by atoms with Gasteiger partial charge in [-0.05, 0) is 37.3 Å². The lowest BCUT2D eigenvalue weighted by atomic mass is 10.1. The third kappa shape index (κ3) is 4.54. The minimum Gasteiger partial charge on any atom is -0.332 e. The zero-order valence-electron chi connectivity index (χ0n) is 13.7. The van der Waals surface area contributed by atoms with Crippen molar-refractivity contribution in [1.82, 2.24) is 4.90 Å². The monoisotopic (exact) mass is 361 g/mol. The van der Waals surface area contributed by atoms with Crippen molar-refractivity contribution in [2.45, 2.75) is 6.92 Å². The molecular formula is C17H16ClN3O4. The van der Waals surface area contributed by atoms with Crippen LogP contribution in [-0.2, 0) is 4.79 Å². The summed E-state index contributed by atoms with van der Waals surface area (Å²) in [6, 6.07) is 10.8. The highest BCUT2D eigenvalue weighted by Gasteiger charge is 2.21. The van der Waals surface area contributed by atoms with Crippen molar-refractivity contribution in [3.63, 3.8) is 0 Å². The van der Waals surface area contributed by atoms with Crippen molar-refractivity contribution in [2.75, 3.05) is 18.9 Å². The van der Waals surface area contributed by atoms with Crippen molar-refractivity contribution in [3.05, 3.63) is 68.7 Å². The second-order valence-corrected chi connectivity index (χ2v) is 5.86. The summed E-state index contributed by atoms with van der Waals surface area (Å²) < 4.78 is 0. The first kappa shape index (κ1) is 18.4. The maximum Gasteiger partial charge on any atom is 0.273 e. The second-order valence-electron chi connectivity index (χ2n) is 5.42. The summed E-state index contributed by atoms with van der Waals surface area (Å²) in [7, 11) is 1.46. The first-order valence-corrected chi connectivity index (χ1v) is 7.72. The van der Waals surface area contributed by atoms with Crippen LogP contribution in [0.5, 0.6) is 0 Å². The van der Waals surface area contributed by atoms with Crippen LogP contribution >= 0.6 is 11.6 Å². The van der Waals surface area contributed by atoms with Crippen molar-refractivity contribution in [1.29, 1.82) is 0 Å². The van der Waals surface area contributed by atoms with Gasteiger partial charge in [0, 0.05) is 35.0 Å². The Morgan fingerprint density at radius 3 is 2.44 bits per heavy atom. The number of amides is 2. The fourth-order valence-corrected chi connectivity index (χ4v) is 2.41. The number of likely N-dealkylation sites (N-methyl/N-ethyl adjacent to an activating group) is 1. The van der Waals surface area contributed by atoms with Gasteiger partial charge in [0.2, 0.25) is 5.91 Å². The number of benzene rings is 2. The van der Waals surface area contributed by atoms with Crippen LogP contribution in [0, 0.1) is 17.0 Å². The molecule has 0 aliphatic carbocycles. The molecule has 0 unspecified atom stereocenters. The molecule has 25 heavy (non-hydrogen) atoms. The third-order valence-electron chi connectivity index (χ3n) is 3.59. The Bertz CT molecular complexity index is 821. The number of nitrogens with zero attached hydrogens (tertiary/aromatic N) is 2. The summed E-state index contributed by atoms with van der Waals surface area (Å²) in [5.41, 5.74) is 0.880. The van der Waals surface area contributed by atoms with E-state index in [9.17, 15) is 19.7 Å². The molecule has 130 valence electrons. The minimum absolute atomic E-state index is 0.134. The molecule has 2 aromatic carbocycles. The maximum absolute atomic E-state index is 12.5. The van der Waals surface area contributed by atoms with Gasteiger partial charge in [-0.1, -0.05) is 17.7 Å². The van der Waals surface area contributed by atoms with Gasteiger partial charge in [-0.3, -0.25) is 19.7 Å². The Labute approximate surface area is 149 Å². The number of hydrogen-bond acceptors (Lipinski definition) is 4. The average molecular weight is 362 g/mol. The summed E-state index contributed by atoms with van der Waals surface area (Å²) in [6.07, 6.45) is 0. The third-order valence-corrected chi connectivity index (χ3v) is 3.84. The molecule has 2 amide bonds. The fourth-order valence-electron chi connectivity index (χ4n) is 2.28. The molecule has 0 radical (unpaired) electrons. The lowest BCUT2D eigenvalue weighted by Gasteiger charge is -2.18. The van der Waals surface area contributed by atoms with Crippen molar-refractivity contribution < 1.29 is 14.5 Å². The van der Waals surface area contributed by atoms with E-state index in [2.05, 4.69) is 5.32 Å². The molecule has 0 fully saturated rings. The van der Waals surface area contributed by atoms with E-state index < -0.39 is 10.8 Å². The van der Waals surface area contributed by atoms with Crippen molar-refractivity contribution in [2.24, 2.45) is 0 Å². The summed E-state index contributed by atoms with van der Waals surface area (Å²) in [6.45, 7) is 1.32. The van der Waals surface area contributed by atoms with Gasteiger partial charge in [-0.15, -0.1) is 0 Å². The van der Waals surface area contributed by atoms with E-state index in [-0.39, 0.29) is 29.3 Å². The van der Waals surface area contributed by atoms with Crippen LogP contribution in [0.4, 0.5) is 11.4 Å². The normalized spacial score (nSPS) is 10.2.